The Bertz CT molecular complexity index is 1030. The van der Waals surface area contributed by atoms with Gasteiger partial charge in [0.25, 0.3) is 0 Å². The van der Waals surface area contributed by atoms with E-state index in [0.717, 1.165) is 30.9 Å². The first-order valence-corrected chi connectivity index (χ1v) is 9.64. The van der Waals surface area contributed by atoms with Crippen LogP contribution in [0, 0.1) is 0 Å². The third-order valence-electron chi connectivity index (χ3n) is 5.38. The number of fused-ring (bicyclic) bond motifs is 1. The smallest absolute Gasteiger partial charge is 0.296 e. The molecule has 29 heavy (non-hydrogen) atoms. The van der Waals surface area contributed by atoms with E-state index in [1.54, 1.807) is 4.57 Å². The second kappa shape index (κ2) is 7.50. The second-order valence-electron chi connectivity index (χ2n) is 7.49. The number of aromatic nitrogens is 3. The molecule has 0 bridgehead atoms. The lowest BCUT2D eigenvalue weighted by Crippen LogP contribution is -2.23. The van der Waals surface area contributed by atoms with Crippen molar-refractivity contribution in [3.63, 3.8) is 0 Å². The Kier molecular flexibility index (Phi) is 5.02. The predicted octanol–water partition coefficient (Wildman–Crippen LogP) is 5.31. The van der Waals surface area contributed by atoms with E-state index in [0.29, 0.717) is 5.52 Å². The van der Waals surface area contributed by atoms with E-state index >= 15 is 0 Å². The summed E-state index contributed by atoms with van der Waals surface area (Å²) in [5, 5.41) is 2.80. The minimum atomic E-state index is -4.53. The molecule has 3 aromatic rings. The lowest BCUT2D eigenvalue weighted by Gasteiger charge is -2.28. The molecule has 1 aliphatic rings. The first-order valence-electron chi connectivity index (χ1n) is 9.64. The number of amides is 1. The molecular formula is C21H21F3N4O. The Labute approximate surface area is 166 Å². The Balaban J connectivity index is 1.61. The zero-order chi connectivity index (χ0) is 20.6. The van der Waals surface area contributed by atoms with Crippen LogP contribution in [0.5, 0.6) is 0 Å². The van der Waals surface area contributed by atoms with Gasteiger partial charge in [-0.25, -0.2) is 9.97 Å². The van der Waals surface area contributed by atoms with Crippen LogP contribution < -0.4 is 5.32 Å². The summed E-state index contributed by atoms with van der Waals surface area (Å²) >= 11 is 0. The van der Waals surface area contributed by atoms with Crippen molar-refractivity contribution in [3.8, 4) is 0 Å². The Morgan fingerprint density at radius 3 is 2.52 bits per heavy atom. The number of anilines is 1. The second-order valence-corrected chi connectivity index (χ2v) is 7.49. The van der Waals surface area contributed by atoms with Crippen molar-refractivity contribution in [3.05, 3.63) is 53.7 Å². The highest BCUT2D eigenvalue weighted by molar-refractivity contribution is 5.91. The molecule has 1 N–H and O–H groups in total. The predicted molar refractivity (Wildman–Crippen MR) is 104 cm³/mol. The number of rotatable bonds is 5. The fourth-order valence-corrected chi connectivity index (χ4v) is 3.56. The van der Waals surface area contributed by atoms with Crippen molar-refractivity contribution in [1.29, 1.82) is 0 Å². The largest absolute Gasteiger partial charge is 0.433 e. The van der Waals surface area contributed by atoms with Gasteiger partial charge in [-0.3, -0.25) is 14.7 Å². The normalized spacial score (nSPS) is 15.9. The monoisotopic (exact) mass is 402 g/mol. The number of benzene rings is 1. The van der Waals surface area contributed by atoms with E-state index in [-0.39, 0.29) is 35.9 Å². The van der Waals surface area contributed by atoms with E-state index in [1.165, 1.54) is 6.07 Å². The number of hydrogen-bond donors (Lipinski definition) is 1. The molecule has 1 aliphatic carbocycles. The molecule has 0 saturated heterocycles. The summed E-state index contributed by atoms with van der Waals surface area (Å²) in [7, 11) is 0. The fraction of sp³-hybridized carbons (Fsp3) is 0.381. The number of imidazole rings is 1. The maximum absolute atomic E-state index is 13.1. The van der Waals surface area contributed by atoms with Crippen LogP contribution in [-0.4, -0.2) is 20.4 Å². The van der Waals surface area contributed by atoms with E-state index in [1.807, 2.05) is 37.3 Å². The first kappa shape index (κ1) is 19.4. The van der Waals surface area contributed by atoms with Crippen LogP contribution in [0.2, 0.25) is 0 Å². The van der Waals surface area contributed by atoms with Gasteiger partial charge in [0.15, 0.2) is 5.65 Å². The van der Waals surface area contributed by atoms with Crippen LogP contribution in [0.15, 0.2) is 42.5 Å². The standard InChI is InChI=1S/C21H21F3N4O/c1-13(14-6-3-2-4-7-14)12-18(29)27-20-25-16-10-11-17(21(22,23)24)26-19(16)28(20)15-8-5-9-15/h2-4,6-7,10-11,13,15H,5,8-9,12H2,1H3,(H,25,27,29). The van der Waals surface area contributed by atoms with Gasteiger partial charge in [0.1, 0.15) is 11.2 Å². The molecule has 4 rings (SSSR count). The van der Waals surface area contributed by atoms with Gasteiger partial charge in [0, 0.05) is 12.5 Å². The number of alkyl halides is 3. The number of halogens is 3. The van der Waals surface area contributed by atoms with E-state index < -0.39 is 11.9 Å². The summed E-state index contributed by atoms with van der Waals surface area (Å²) < 4.78 is 41.0. The maximum Gasteiger partial charge on any atom is 0.433 e. The summed E-state index contributed by atoms with van der Waals surface area (Å²) in [4.78, 5) is 20.8. The van der Waals surface area contributed by atoms with Crippen LogP contribution in [-0.2, 0) is 11.0 Å². The third-order valence-corrected chi connectivity index (χ3v) is 5.38. The van der Waals surface area contributed by atoms with E-state index in [9.17, 15) is 18.0 Å². The molecule has 2 heterocycles. The Morgan fingerprint density at radius 2 is 1.90 bits per heavy atom. The summed E-state index contributed by atoms with van der Waals surface area (Å²) in [6, 6.07) is 11.9. The van der Waals surface area contributed by atoms with E-state index in [2.05, 4.69) is 15.3 Å². The van der Waals surface area contributed by atoms with Crippen molar-refractivity contribution in [2.75, 3.05) is 5.32 Å². The maximum atomic E-state index is 13.1. The van der Waals surface area contributed by atoms with Crippen molar-refractivity contribution >= 4 is 23.0 Å². The molecule has 1 unspecified atom stereocenters. The topological polar surface area (TPSA) is 59.8 Å². The van der Waals surface area contributed by atoms with Gasteiger partial charge in [0.05, 0.1) is 0 Å². The van der Waals surface area contributed by atoms with Gasteiger partial charge < -0.3 is 0 Å². The molecule has 5 nitrogen and oxygen atoms in total. The quantitative estimate of drug-likeness (QED) is 0.629. The highest BCUT2D eigenvalue weighted by Gasteiger charge is 2.34. The molecule has 1 fully saturated rings. The molecule has 0 spiro atoms. The molecular weight excluding hydrogens is 381 g/mol. The molecule has 1 saturated carbocycles. The molecule has 0 radical (unpaired) electrons. The Hall–Kier alpha value is -2.90. The zero-order valence-electron chi connectivity index (χ0n) is 15.9. The Morgan fingerprint density at radius 1 is 1.17 bits per heavy atom. The first-order chi connectivity index (χ1) is 13.8. The SMILES string of the molecule is CC(CC(=O)Nc1nc2ccc(C(F)(F)F)nc2n1C1CCC1)c1ccccc1. The molecule has 0 aliphatic heterocycles. The lowest BCUT2D eigenvalue weighted by atomic mass is 9.93. The molecule has 2 aromatic heterocycles. The van der Waals surface area contributed by atoms with Gasteiger partial charge >= 0.3 is 6.18 Å². The molecule has 1 amide bonds. The average molecular weight is 402 g/mol. The van der Waals surface area contributed by atoms with Crippen molar-refractivity contribution in [2.24, 2.45) is 0 Å². The van der Waals surface area contributed by atoms with Gasteiger partial charge in [-0.15, -0.1) is 0 Å². The van der Waals surface area contributed by atoms with Crippen molar-refractivity contribution in [2.45, 2.75) is 50.7 Å². The number of carbonyl (C=O) groups excluding carboxylic acids is 1. The van der Waals surface area contributed by atoms with Crippen LogP contribution in [0.25, 0.3) is 11.2 Å². The minimum Gasteiger partial charge on any atom is -0.296 e. The number of hydrogen-bond acceptors (Lipinski definition) is 3. The van der Waals surface area contributed by atoms with Gasteiger partial charge in [-0.2, -0.15) is 13.2 Å². The molecule has 1 aromatic carbocycles. The minimum absolute atomic E-state index is 0.00201. The fourth-order valence-electron chi connectivity index (χ4n) is 3.56. The van der Waals surface area contributed by atoms with Crippen LogP contribution in [0.1, 0.15) is 55.8 Å². The number of nitrogens with zero attached hydrogens (tertiary/aromatic N) is 3. The highest BCUT2D eigenvalue weighted by Crippen LogP contribution is 2.38. The van der Waals surface area contributed by atoms with Gasteiger partial charge in [0.2, 0.25) is 11.9 Å². The van der Waals surface area contributed by atoms with Crippen LogP contribution in [0.3, 0.4) is 0 Å². The molecule has 8 heteroatoms. The molecule has 152 valence electrons. The van der Waals surface area contributed by atoms with E-state index in [4.69, 9.17) is 0 Å². The van der Waals surface area contributed by atoms with Crippen molar-refractivity contribution < 1.29 is 18.0 Å². The van der Waals surface area contributed by atoms with Crippen LogP contribution in [0.4, 0.5) is 19.1 Å². The van der Waals surface area contributed by atoms with Gasteiger partial charge in [-0.05, 0) is 42.9 Å². The lowest BCUT2D eigenvalue weighted by molar-refractivity contribution is -0.141. The summed E-state index contributed by atoms with van der Waals surface area (Å²) in [5.41, 5.74) is 0.597. The zero-order valence-corrected chi connectivity index (χ0v) is 15.9. The summed E-state index contributed by atoms with van der Waals surface area (Å²) in [6.45, 7) is 1.96. The summed E-state index contributed by atoms with van der Waals surface area (Å²) in [6.07, 6.45) is -1.64. The van der Waals surface area contributed by atoms with Crippen LogP contribution >= 0.6 is 0 Å². The van der Waals surface area contributed by atoms with Gasteiger partial charge in [-0.1, -0.05) is 37.3 Å². The third kappa shape index (κ3) is 3.97. The summed E-state index contributed by atoms with van der Waals surface area (Å²) in [5.74, 6) is 0.0442. The number of carbonyl (C=O) groups is 1. The average Bonchev–Trinajstić information content (AvgIpc) is 2.97. The number of pyridine rings is 1. The highest BCUT2D eigenvalue weighted by atomic mass is 19.4. The molecule has 1 atom stereocenters. The van der Waals surface area contributed by atoms with Crippen molar-refractivity contribution in [1.82, 2.24) is 14.5 Å². The number of nitrogens with one attached hydrogen (secondary N) is 1.